The highest BCUT2D eigenvalue weighted by molar-refractivity contribution is 5.93. The molecule has 128 valence electrons. The topological polar surface area (TPSA) is 69.0 Å². The predicted molar refractivity (Wildman–Crippen MR) is 97.6 cm³/mol. The SMILES string of the molecule is CCC1CCCCN1C(=O)c1cc(Nc2ccccc2C#N)ccn1. The number of pyridine rings is 1. The van der Waals surface area contributed by atoms with Crippen molar-refractivity contribution in [2.45, 2.75) is 38.6 Å². The molecule has 1 atom stereocenters. The molecule has 25 heavy (non-hydrogen) atoms. The molecule has 1 fully saturated rings. The summed E-state index contributed by atoms with van der Waals surface area (Å²) >= 11 is 0. The molecule has 3 rings (SSSR count). The monoisotopic (exact) mass is 334 g/mol. The van der Waals surface area contributed by atoms with Crippen LogP contribution in [0.5, 0.6) is 0 Å². The van der Waals surface area contributed by atoms with E-state index in [9.17, 15) is 10.1 Å². The summed E-state index contributed by atoms with van der Waals surface area (Å²) in [5.41, 5.74) is 2.49. The summed E-state index contributed by atoms with van der Waals surface area (Å²) in [6.07, 6.45) is 5.91. The Morgan fingerprint density at radius 3 is 3.00 bits per heavy atom. The first-order valence-electron chi connectivity index (χ1n) is 8.76. The minimum atomic E-state index is -0.0104. The first-order chi connectivity index (χ1) is 12.2. The number of nitriles is 1. The van der Waals surface area contributed by atoms with Gasteiger partial charge in [-0.25, -0.2) is 0 Å². The van der Waals surface area contributed by atoms with Crippen LogP contribution in [-0.4, -0.2) is 28.4 Å². The number of rotatable bonds is 4. The average Bonchev–Trinajstić information content (AvgIpc) is 2.68. The number of nitrogens with zero attached hydrogens (tertiary/aromatic N) is 3. The Kier molecular flexibility index (Phi) is 5.30. The molecule has 2 aromatic rings. The van der Waals surface area contributed by atoms with Gasteiger partial charge in [0.15, 0.2) is 0 Å². The number of para-hydroxylation sites is 1. The van der Waals surface area contributed by atoms with Gasteiger partial charge in [0.05, 0.1) is 11.3 Å². The fourth-order valence-corrected chi connectivity index (χ4v) is 3.31. The Morgan fingerprint density at radius 2 is 2.20 bits per heavy atom. The number of carbonyl (C=O) groups excluding carboxylic acids is 1. The first kappa shape index (κ1) is 17.0. The van der Waals surface area contributed by atoms with Gasteiger partial charge in [0.2, 0.25) is 0 Å². The van der Waals surface area contributed by atoms with Crippen LogP contribution in [0.15, 0.2) is 42.6 Å². The molecule has 1 amide bonds. The van der Waals surface area contributed by atoms with Gasteiger partial charge in [-0.2, -0.15) is 5.26 Å². The van der Waals surface area contributed by atoms with E-state index in [0.717, 1.165) is 37.2 Å². The smallest absolute Gasteiger partial charge is 0.272 e. The molecule has 0 radical (unpaired) electrons. The van der Waals surface area contributed by atoms with Crippen LogP contribution in [0.4, 0.5) is 11.4 Å². The summed E-state index contributed by atoms with van der Waals surface area (Å²) in [4.78, 5) is 19.1. The summed E-state index contributed by atoms with van der Waals surface area (Å²) in [7, 11) is 0. The van der Waals surface area contributed by atoms with Gasteiger partial charge in [-0.1, -0.05) is 19.1 Å². The van der Waals surface area contributed by atoms with Crippen LogP contribution in [0.1, 0.15) is 48.7 Å². The normalized spacial score (nSPS) is 17.0. The van der Waals surface area contributed by atoms with Gasteiger partial charge >= 0.3 is 0 Å². The summed E-state index contributed by atoms with van der Waals surface area (Å²) in [5.74, 6) is -0.0104. The Bertz CT molecular complexity index is 796. The predicted octanol–water partition coefficient (Wildman–Crippen LogP) is 4.10. The third-order valence-electron chi connectivity index (χ3n) is 4.66. The van der Waals surface area contributed by atoms with Crippen molar-refractivity contribution in [2.24, 2.45) is 0 Å². The molecule has 1 aromatic carbocycles. The van der Waals surface area contributed by atoms with Crippen LogP contribution in [0.3, 0.4) is 0 Å². The van der Waals surface area contributed by atoms with Crippen LogP contribution in [0.2, 0.25) is 0 Å². The number of anilines is 2. The molecule has 0 aliphatic carbocycles. The van der Waals surface area contributed by atoms with E-state index in [1.54, 1.807) is 24.4 Å². The highest BCUT2D eigenvalue weighted by Crippen LogP contribution is 2.24. The highest BCUT2D eigenvalue weighted by atomic mass is 16.2. The Labute approximate surface area is 148 Å². The van der Waals surface area contributed by atoms with Crippen molar-refractivity contribution in [3.63, 3.8) is 0 Å². The molecule has 0 spiro atoms. The Morgan fingerprint density at radius 1 is 1.36 bits per heavy atom. The van der Waals surface area contributed by atoms with Crippen LogP contribution in [0.25, 0.3) is 0 Å². The number of hydrogen-bond donors (Lipinski definition) is 1. The molecule has 5 nitrogen and oxygen atoms in total. The van der Waals surface area contributed by atoms with Crippen LogP contribution in [-0.2, 0) is 0 Å². The van der Waals surface area contributed by atoms with E-state index in [1.807, 2.05) is 23.1 Å². The standard InChI is InChI=1S/C20H22N4O/c1-2-17-8-5-6-12-24(17)20(25)19-13-16(10-11-22-19)23-18-9-4-3-7-15(18)14-21/h3-4,7,9-11,13,17H,2,5-6,8,12H2,1H3,(H,22,23). The molecule has 1 unspecified atom stereocenters. The fraction of sp³-hybridized carbons (Fsp3) is 0.350. The van der Waals surface area contributed by atoms with Crippen molar-refractivity contribution in [3.8, 4) is 6.07 Å². The van der Waals surface area contributed by atoms with Crippen molar-refractivity contribution in [1.82, 2.24) is 9.88 Å². The number of amides is 1. The van der Waals surface area contributed by atoms with Crippen molar-refractivity contribution in [1.29, 1.82) is 5.26 Å². The minimum Gasteiger partial charge on any atom is -0.354 e. The molecule has 1 aliphatic heterocycles. The van der Waals surface area contributed by atoms with E-state index in [2.05, 4.69) is 23.3 Å². The molecular formula is C20H22N4O. The second-order valence-corrected chi connectivity index (χ2v) is 6.27. The third kappa shape index (κ3) is 3.80. The van der Waals surface area contributed by atoms with Crippen molar-refractivity contribution in [3.05, 3.63) is 53.9 Å². The lowest BCUT2D eigenvalue weighted by Gasteiger charge is -2.35. The van der Waals surface area contributed by atoms with Crippen LogP contribution >= 0.6 is 0 Å². The van der Waals surface area contributed by atoms with Gasteiger partial charge in [-0.3, -0.25) is 9.78 Å². The summed E-state index contributed by atoms with van der Waals surface area (Å²) in [6, 6.07) is 13.3. The first-order valence-corrected chi connectivity index (χ1v) is 8.76. The number of nitrogens with one attached hydrogen (secondary N) is 1. The summed E-state index contributed by atoms with van der Waals surface area (Å²) in [6.45, 7) is 2.93. The number of carbonyl (C=O) groups is 1. The number of likely N-dealkylation sites (tertiary alicyclic amines) is 1. The Hall–Kier alpha value is -2.87. The van der Waals surface area contributed by atoms with Gasteiger partial charge in [0.1, 0.15) is 11.8 Å². The van der Waals surface area contributed by atoms with Crippen molar-refractivity contribution >= 4 is 17.3 Å². The van der Waals surface area contributed by atoms with Gasteiger partial charge in [-0.15, -0.1) is 0 Å². The summed E-state index contributed by atoms with van der Waals surface area (Å²) < 4.78 is 0. The molecule has 0 bridgehead atoms. The quantitative estimate of drug-likeness (QED) is 0.914. The zero-order valence-electron chi connectivity index (χ0n) is 14.4. The summed E-state index contributed by atoms with van der Waals surface area (Å²) in [5, 5.41) is 12.4. The number of piperidine rings is 1. The maximum Gasteiger partial charge on any atom is 0.272 e. The van der Waals surface area contributed by atoms with Gasteiger partial charge < -0.3 is 10.2 Å². The molecule has 1 saturated heterocycles. The second-order valence-electron chi connectivity index (χ2n) is 6.27. The van der Waals surface area contributed by atoms with E-state index in [4.69, 9.17) is 0 Å². The lowest BCUT2D eigenvalue weighted by molar-refractivity contribution is 0.0602. The molecule has 1 N–H and O–H groups in total. The van der Waals surface area contributed by atoms with Crippen molar-refractivity contribution in [2.75, 3.05) is 11.9 Å². The lowest BCUT2D eigenvalue weighted by Crippen LogP contribution is -2.43. The number of benzene rings is 1. The molecular weight excluding hydrogens is 312 g/mol. The maximum absolute atomic E-state index is 12.9. The molecule has 1 aliphatic rings. The third-order valence-corrected chi connectivity index (χ3v) is 4.66. The molecule has 1 aromatic heterocycles. The van der Waals surface area contributed by atoms with E-state index >= 15 is 0 Å². The lowest BCUT2D eigenvalue weighted by atomic mass is 9.99. The van der Waals surface area contributed by atoms with E-state index < -0.39 is 0 Å². The van der Waals surface area contributed by atoms with Gasteiger partial charge in [0, 0.05) is 24.5 Å². The van der Waals surface area contributed by atoms with Crippen LogP contribution < -0.4 is 5.32 Å². The van der Waals surface area contributed by atoms with Crippen LogP contribution in [0, 0.1) is 11.3 Å². The van der Waals surface area contributed by atoms with Gasteiger partial charge in [0.25, 0.3) is 5.91 Å². The number of hydrogen-bond acceptors (Lipinski definition) is 4. The van der Waals surface area contributed by atoms with E-state index in [-0.39, 0.29) is 5.91 Å². The average molecular weight is 334 g/mol. The second kappa shape index (κ2) is 7.80. The zero-order chi connectivity index (χ0) is 17.6. The van der Waals surface area contributed by atoms with E-state index in [0.29, 0.717) is 17.3 Å². The molecule has 2 heterocycles. The fourth-order valence-electron chi connectivity index (χ4n) is 3.31. The largest absolute Gasteiger partial charge is 0.354 e. The van der Waals surface area contributed by atoms with Gasteiger partial charge in [-0.05, 0) is 49.9 Å². The maximum atomic E-state index is 12.9. The number of aromatic nitrogens is 1. The highest BCUT2D eigenvalue weighted by Gasteiger charge is 2.27. The minimum absolute atomic E-state index is 0.0104. The van der Waals surface area contributed by atoms with Crippen molar-refractivity contribution < 1.29 is 4.79 Å². The molecule has 5 heteroatoms. The van der Waals surface area contributed by atoms with E-state index in [1.165, 1.54) is 6.42 Å². The molecule has 0 saturated carbocycles. The Balaban J connectivity index is 1.81. The zero-order valence-corrected chi connectivity index (χ0v) is 14.4.